The van der Waals surface area contributed by atoms with Gasteiger partial charge in [-0.2, -0.15) is 13.2 Å². The Balaban J connectivity index is 2.29. The minimum atomic E-state index is -4.49. The second-order valence-corrected chi connectivity index (χ2v) is 6.14. The molecule has 0 saturated heterocycles. The number of amides is 1. The number of rotatable bonds is 2. The lowest BCUT2D eigenvalue weighted by Gasteiger charge is -2.12. The molecule has 0 saturated carbocycles. The van der Waals surface area contributed by atoms with Crippen LogP contribution in [0.1, 0.15) is 15.9 Å². The fourth-order valence-corrected chi connectivity index (χ4v) is 2.77. The molecule has 0 heterocycles. The molecule has 0 unspecified atom stereocenters. The van der Waals surface area contributed by atoms with Crippen LogP contribution in [0.15, 0.2) is 46.9 Å². The molecule has 0 fully saturated rings. The lowest BCUT2D eigenvalue weighted by atomic mass is 10.1. The van der Waals surface area contributed by atoms with Crippen LogP contribution < -0.4 is 5.32 Å². The molecule has 0 aliphatic heterocycles. The summed E-state index contributed by atoms with van der Waals surface area (Å²) in [6, 6.07) is 10.4. The van der Waals surface area contributed by atoms with Crippen LogP contribution in [0.4, 0.5) is 18.9 Å². The number of alkyl halides is 3. The number of carbonyl (C=O) groups is 1. The van der Waals surface area contributed by atoms with E-state index in [9.17, 15) is 18.0 Å². The maximum Gasteiger partial charge on any atom is 0.417 e. The number of anilines is 1. The molecule has 0 atom stereocenters. The van der Waals surface area contributed by atoms with Crippen molar-refractivity contribution < 1.29 is 18.0 Å². The summed E-state index contributed by atoms with van der Waals surface area (Å²) in [5, 5.41) is 2.47. The largest absolute Gasteiger partial charge is 0.417 e. The molecule has 0 bridgehead atoms. The first-order chi connectivity index (χ1) is 9.79. The van der Waals surface area contributed by atoms with Gasteiger partial charge in [0.2, 0.25) is 0 Å². The molecule has 110 valence electrons. The first kappa shape index (κ1) is 16.3. The molecular weight excluding hydrogens is 462 g/mol. The molecule has 21 heavy (non-hydrogen) atoms. The highest BCUT2D eigenvalue weighted by Crippen LogP contribution is 2.36. The third-order valence-electron chi connectivity index (χ3n) is 2.65. The summed E-state index contributed by atoms with van der Waals surface area (Å²) < 4.78 is 39.1. The summed E-state index contributed by atoms with van der Waals surface area (Å²) in [6.07, 6.45) is -4.49. The van der Waals surface area contributed by atoms with Gasteiger partial charge < -0.3 is 5.32 Å². The maximum atomic E-state index is 12.8. The maximum absolute atomic E-state index is 12.8. The van der Waals surface area contributed by atoms with Gasteiger partial charge in [-0.15, -0.1) is 0 Å². The number of nitrogens with one attached hydrogen (secondary N) is 1. The number of carbonyl (C=O) groups excluding carboxylic acids is 1. The lowest BCUT2D eigenvalue weighted by molar-refractivity contribution is -0.138. The Kier molecular flexibility index (Phi) is 4.92. The van der Waals surface area contributed by atoms with Gasteiger partial charge in [0.25, 0.3) is 5.91 Å². The van der Waals surface area contributed by atoms with E-state index >= 15 is 0 Å². The molecule has 0 aliphatic carbocycles. The van der Waals surface area contributed by atoms with Crippen LogP contribution >= 0.6 is 38.5 Å². The number of hydrogen-bond acceptors (Lipinski definition) is 1. The normalized spacial score (nSPS) is 11.3. The fraction of sp³-hybridized carbons (Fsp3) is 0.0714. The van der Waals surface area contributed by atoms with Crippen LogP contribution in [0.25, 0.3) is 0 Å². The predicted molar refractivity (Wildman–Crippen MR) is 86.3 cm³/mol. The Morgan fingerprint density at radius 3 is 2.43 bits per heavy atom. The number of hydrogen-bond donors (Lipinski definition) is 1. The zero-order valence-electron chi connectivity index (χ0n) is 10.3. The first-order valence-corrected chi connectivity index (χ1v) is 7.59. The summed E-state index contributed by atoms with van der Waals surface area (Å²) in [7, 11) is 0. The van der Waals surface area contributed by atoms with Crippen LogP contribution in [0.3, 0.4) is 0 Å². The highest BCUT2D eigenvalue weighted by molar-refractivity contribution is 14.1. The van der Waals surface area contributed by atoms with E-state index < -0.39 is 17.6 Å². The molecule has 2 aromatic rings. The van der Waals surface area contributed by atoms with E-state index in [0.29, 0.717) is 5.56 Å². The summed E-state index contributed by atoms with van der Waals surface area (Å²) in [6.45, 7) is 0. The van der Waals surface area contributed by atoms with Crippen molar-refractivity contribution in [3.63, 3.8) is 0 Å². The van der Waals surface area contributed by atoms with Crippen LogP contribution in [-0.4, -0.2) is 5.91 Å². The molecule has 0 aromatic heterocycles. The van der Waals surface area contributed by atoms with E-state index in [0.717, 1.165) is 9.64 Å². The SMILES string of the molecule is O=C(Nc1ccc(Br)c(C(F)(F)F)c1)c1ccccc1I. The molecule has 2 rings (SSSR count). The van der Waals surface area contributed by atoms with E-state index in [1.54, 1.807) is 24.3 Å². The Morgan fingerprint density at radius 2 is 1.81 bits per heavy atom. The topological polar surface area (TPSA) is 29.1 Å². The molecule has 1 amide bonds. The van der Waals surface area contributed by atoms with Crippen molar-refractivity contribution in [1.29, 1.82) is 0 Å². The molecular formula is C14H8BrF3INO. The van der Waals surface area contributed by atoms with Crippen molar-refractivity contribution in [1.82, 2.24) is 0 Å². The van der Waals surface area contributed by atoms with Gasteiger partial charge in [0.15, 0.2) is 0 Å². The predicted octanol–water partition coefficient (Wildman–Crippen LogP) is 5.32. The van der Waals surface area contributed by atoms with Gasteiger partial charge in [-0.3, -0.25) is 4.79 Å². The van der Waals surface area contributed by atoms with Gasteiger partial charge in [-0.1, -0.05) is 28.1 Å². The molecule has 0 radical (unpaired) electrons. The molecule has 2 nitrogen and oxygen atoms in total. The van der Waals surface area contributed by atoms with E-state index in [1.807, 2.05) is 22.6 Å². The van der Waals surface area contributed by atoms with E-state index in [1.165, 1.54) is 12.1 Å². The van der Waals surface area contributed by atoms with Crippen molar-refractivity contribution in [2.75, 3.05) is 5.32 Å². The minimum absolute atomic E-state index is 0.0673. The number of halogens is 5. The van der Waals surface area contributed by atoms with Gasteiger partial charge in [-0.25, -0.2) is 0 Å². The van der Waals surface area contributed by atoms with Crippen molar-refractivity contribution in [3.05, 3.63) is 61.6 Å². The molecule has 0 spiro atoms. The van der Waals surface area contributed by atoms with Gasteiger partial charge in [-0.05, 0) is 52.9 Å². The Labute approximate surface area is 141 Å². The summed E-state index contributed by atoms with van der Waals surface area (Å²) in [5.74, 6) is -0.449. The standard InChI is InChI=1S/C14H8BrF3INO/c15-11-6-5-8(7-10(11)14(16,17)18)20-13(21)9-3-1-2-4-12(9)19/h1-7H,(H,20,21). The van der Waals surface area contributed by atoms with Crippen molar-refractivity contribution in [2.45, 2.75) is 6.18 Å². The zero-order chi connectivity index (χ0) is 15.6. The Morgan fingerprint density at radius 1 is 1.14 bits per heavy atom. The van der Waals surface area contributed by atoms with Gasteiger partial charge in [0, 0.05) is 13.7 Å². The third-order valence-corrected chi connectivity index (χ3v) is 4.28. The molecule has 2 aromatic carbocycles. The molecule has 7 heteroatoms. The summed E-state index contributed by atoms with van der Waals surface area (Å²) in [4.78, 5) is 12.1. The van der Waals surface area contributed by atoms with Gasteiger partial charge in [0.05, 0.1) is 11.1 Å². The van der Waals surface area contributed by atoms with Gasteiger partial charge in [0.1, 0.15) is 0 Å². The third kappa shape index (κ3) is 3.97. The zero-order valence-corrected chi connectivity index (χ0v) is 14.1. The van der Waals surface area contributed by atoms with Crippen molar-refractivity contribution in [2.24, 2.45) is 0 Å². The van der Waals surface area contributed by atoms with Crippen LogP contribution in [0, 0.1) is 3.57 Å². The Hall–Kier alpha value is -1.09. The van der Waals surface area contributed by atoms with E-state index in [2.05, 4.69) is 21.2 Å². The van der Waals surface area contributed by atoms with E-state index in [-0.39, 0.29) is 10.2 Å². The van der Waals surface area contributed by atoms with Crippen molar-refractivity contribution in [3.8, 4) is 0 Å². The molecule has 0 aliphatic rings. The second-order valence-electron chi connectivity index (χ2n) is 4.13. The number of benzene rings is 2. The fourth-order valence-electron chi connectivity index (χ4n) is 1.66. The second kappa shape index (κ2) is 6.35. The van der Waals surface area contributed by atoms with Crippen LogP contribution in [0.5, 0.6) is 0 Å². The highest BCUT2D eigenvalue weighted by atomic mass is 127. The van der Waals surface area contributed by atoms with E-state index in [4.69, 9.17) is 0 Å². The van der Waals surface area contributed by atoms with Crippen LogP contribution in [-0.2, 0) is 6.18 Å². The minimum Gasteiger partial charge on any atom is -0.322 e. The average molecular weight is 470 g/mol. The van der Waals surface area contributed by atoms with Gasteiger partial charge >= 0.3 is 6.18 Å². The molecule has 1 N–H and O–H groups in total. The summed E-state index contributed by atoms with van der Waals surface area (Å²) >= 11 is 4.85. The highest BCUT2D eigenvalue weighted by Gasteiger charge is 2.33. The average Bonchev–Trinajstić information content (AvgIpc) is 2.40. The quantitative estimate of drug-likeness (QED) is 0.592. The summed E-state index contributed by atoms with van der Waals surface area (Å²) in [5.41, 5.74) is -0.326. The monoisotopic (exact) mass is 469 g/mol. The first-order valence-electron chi connectivity index (χ1n) is 5.71. The smallest absolute Gasteiger partial charge is 0.322 e. The van der Waals surface area contributed by atoms with Crippen LogP contribution in [0.2, 0.25) is 0 Å². The Bertz CT molecular complexity index is 688. The lowest BCUT2D eigenvalue weighted by Crippen LogP contribution is -2.14. The van der Waals surface area contributed by atoms with Crippen molar-refractivity contribution >= 4 is 50.1 Å².